The second-order valence-corrected chi connectivity index (χ2v) is 6.47. The Bertz CT molecular complexity index is 550. The Morgan fingerprint density at radius 2 is 1.83 bits per heavy atom. The highest BCUT2D eigenvalue weighted by Gasteiger charge is 2.24. The third-order valence-corrected chi connectivity index (χ3v) is 4.63. The first-order chi connectivity index (χ1) is 11.5. The molecule has 1 fully saturated rings. The predicted octanol–water partition coefficient (Wildman–Crippen LogP) is 1.52. The van der Waals surface area contributed by atoms with Gasteiger partial charge in [-0.2, -0.15) is 0 Å². The summed E-state index contributed by atoms with van der Waals surface area (Å²) in [6.07, 6.45) is 2.67. The van der Waals surface area contributed by atoms with Crippen LogP contribution in [0.4, 0.5) is 5.69 Å². The molecular weight excluding hydrogens is 306 g/mol. The molecule has 1 N–H and O–H groups in total. The molecule has 6 nitrogen and oxygen atoms in total. The van der Waals surface area contributed by atoms with Gasteiger partial charge in [0.1, 0.15) is 0 Å². The topological polar surface area (TPSA) is 64.1 Å². The molecule has 1 saturated heterocycles. The quantitative estimate of drug-likeness (QED) is 0.855. The number of benzene rings is 1. The molecule has 6 heteroatoms. The number of carbonyl (C=O) groups excluding carboxylic acids is 1. The van der Waals surface area contributed by atoms with Crippen molar-refractivity contribution in [3.8, 4) is 0 Å². The maximum atomic E-state index is 12.6. The molecule has 1 aromatic rings. The van der Waals surface area contributed by atoms with Crippen LogP contribution >= 0.6 is 0 Å². The largest absolute Gasteiger partial charge is 0.480 e. The molecule has 1 amide bonds. The van der Waals surface area contributed by atoms with Crippen LogP contribution in [0.15, 0.2) is 30.3 Å². The highest BCUT2D eigenvalue weighted by atomic mass is 16.4. The molecule has 2 rings (SSSR count). The van der Waals surface area contributed by atoms with Gasteiger partial charge in [-0.05, 0) is 38.4 Å². The van der Waals surface area contributed by atoms with E-state index in [-0.39, 0.29) is 18.5 Å². The predicted molar refractivity (Wildman–Crippen MR) is 94.2 cm³/mol. The fraction of sp³-hybridized carbons (Fsp3) is 0.556. The Balaban J connectivity index is 1.86. The summed E-state index contributed by atoms with van der Waals surface area (Å²) in [5, 5.41) is 8.92. The number of hydrogen-bond donors (Lipinski definition) is 1. The summed E-state index contributed by atoms with van der Waals surface area (Å²) in [5.41, 5.74) is 1.03. The van der Waals surface area contributed by atoms with Crippen LogP contribution < -0.4 is 4.90 Å². The van der Waals surface area contributed by atoms with Crippen LogP contribution in [0.2, 0.25) is 0 Å². The number of likely N-dealkylation sites (N-methyl/N-ethyl adjacent to an activating group) is 2. The molecule has 24 heavy (non-hydrogen) atoms. The van der Waals surface area contributed by atoms with Crippen molar-refractivity contribution in [3.63, 3.8) is 0 Å². The van der Waals surface area contributed by atoms with Crippen molar-refractivity contribution in [1.82, 2.24) is 9.80 Å². The van der Waals surface area contributed by atoms with Gasteiger partial charge in [-0.1, -0.05) is 18.2 Å². The van der Waals surface area contributed by atoms with Gasteiger partial charge in [-0.15, -0.1) is 0 Å². The summed E-state index contributed by atoms with van der Waals surface area (Å²) in [5.74, 6) is -0.679. The van der Waals surface area contributed by atoms with Gasteiger partial charge < -0.3 is 14.9 Å². The Kier molecular flexibility index (Phi) is 6.61. The second-order valence-electron chi connectivity index (χ2n) is 6.47. The van der Waals surface area contributed by atoms with E-state index in [0.29, 0.717) is 13.1 Å². The van der Waals surface area contributed by atoms with Crippen LogP contribution in [0.25, 0.3) is 0 Å². The van der Waals surface area contributed by atoms with Crippen molar-refractivity contribution in [3.05, 3.63) is 30.3 Å². The molecule has 0 bridgehead atoms. The van der Waals surface area contributed by atoms with Crippen LogP contribution in [0.5, 0.6) is 0 Å². The highest BCUT2D eigenvalue weighted by Crippen LogP contribution is 2.17. The molecule has 1 aliphatic rings. The lowest BCUT2D eigenvalue weighted by atomic mass is 10.1. The molecular formula is C18H27N3O3. The number of anilines is 1. The van der Waals surface area contributed by atoms with Gasteiger partial charge in [0.2, 0.25) is 5.91 Å². The zero-order valence-electron chi connectivity index (χ0n) is 14.5. The van der Waals surface area contributed by atoms with E-state index in [4.69, 9.17) is 5.11 Å². The minimum absolute atomic E-state index is 0.0510. The molecule has 1 atom stereocenters. The van der Waals surface area contributed by atoms with E-state index >= 15 is 0 Å². The van der Waals surface area contributed by atoms with Crippen molar-refractivity contribution < 1.29 is 14.7 Å². The van der Waals surface area contributed by atoms with Crippen molar-refractivity contribution in [1.29, 1.82) is 0 Å². The van der Waals surface area contributed by atoms with Crippen LogP contribution in [0.1, 0.15) is 19.3 Å². The van der Waals surface area contributed by atoms with E-state index in [9.17, 15) is 9.59 Å². The van der Waals surface area contributed by atoms with Crippen molar-refractivity contribution in [2.75, 3.05) is 45.2 Å². The number of amides is 1. The third kappa shape index (κ3) is 5.23. The summed E-state index contributed by atoms with van der Waals surface area (Å²) < 4.78 is 0. The molecule has 0 saturated carbocycles. The zero-order chi connectivity index (χ0) is 17.5. The van der Waals surface area contributed by atoms with Gasteiger partial charge in [-0.25, -0.2) is 0 Å². The average molecular weight is 333 g/mol. The lowest BCUT2D eigenvalue weighted by Gasteiger charge is -2.27. The number of aliphatic carboxylic acids is 1. The number of rotatable bonds is 6. The maximum Gasteiger partial charge on any atom is 0.317 e. The van der Waals surface area contributed by atoms with Gasteiger partial charge in [0.25, 0.3) is 0 Å². The zero-order valence-corrected chi connectivity index (χ0v) is 14.5. The molecule has 0 aliphatic carbocycles. The normalized spacial score (nSPS) is 18.3. The smallest absolute Gasteiger partial charge is 0.317 e. The summed E-state index contributed by atoms with van der Waals surface area (Å²) in [7, 11) is 3.77. The molecule has 1 aromatic carbocycles. The molecule has 1 unspecified atom stereocenters. The summed E-state index contributed by atoms with van der Waals surface area (Å²) in [6, 6.07) is 10.1. The summed E-state index contributed by atoms with van der Waals surface area (Å²) >= 11 is 0. The first-order valence-corrected chi connectivity index (χ1v) is 8.43. The first kappa shape index (κ1) is 18.3. The van der Waals surface area contributed by atoms with Crippen LogP contribution in [0, 0.1) is 0 Å². The van der Waals surface area contributed by atoms with Crippen LogP contribution in [-0.4, -0.2) is 73.1 Å². The average Bonchev–Trinajstić information content (AvgIpc) is 2.81. The van der Waals surface area contributed by atoms with Crippen molar-refractivity contribution in [2.45, 2.75) is 25.3 Å². The minimum atomic E-state index is -0.806. The van der Waals surface area contributed by atoms with Gasteiger partial charge in [0, 0.05) is 31.9 Å². The van der Waals surface area contributed by atoms with Crippen molar-refractivity contribution >= 4 is 17.6 Å². The molecule has 0 aromatic heterocycles. The fourth-order valence-corrected chi connectivity index (χ4v) is 3.19. The van der Waals surface area contributed by atoms with Gasteiger partial charge in [0.05, 0.1) is 13.1 Å². The lowest BCUT2D eigenvalue weighted by molar-refractivity contribution is -0.138. The Labute approximate surface area is 143 Å². The summed E-state index contributed by atoms with van der Waals surface area (Å²) in [4.78, 5) is 29.2. The monoisotopic (exact) mass is 333 g/mol. The van der Waals surface area contributed by atoms with Gasteiger partial charge in [0.15, 0.2) is 0 Å². The van der Waals surface area contributed by atoms with Gasteiger partial charge >= 0.3 is 5.97 Å². The molecule has 0 spiro atoms. The van der Waals surface area contributed by atoms with E-state index in [2.05, 4.69) is 0 Å². The number of para-hydroxylation sites is 1. The lowest BCUT2D eigenvalue weighted by Crippen LogP contribution is -2.40. The number of carboxylic acids is 1. The van der Waals surface area contributed by atoms with Crippen LogP contribution in [0.3, 0.4) is 0 Å². The fourth-order valence-electron chi connectivity index (χ4n) is 3.19. The Hall–Kier alpha value is -2.08. The Morgan fingerprint density at radius 3 is 2.50 bits per heavy atom. The van der Waals surface area contributed by atoms with Crippen molar-refractivity contribution in [2.24, 2.45) is 0 Å². The molecule has 1 heterocycles. The van der Waals surface area contributed by atoms with E-state index in [1.165, 1.54) is 0 Å². The van der Waals surface area contributed by atoms with Crippen LogP contribution in [-0.2, 0) is 9.59 Å². The molecule has 132 valence electrons. The third-order valence-electron chi connectivity index (χ3n) is 4.63. The molecule has 0 radical (unpaired) electrons. The number of likely N-dealkylation sites (tertiary alicyclic amines) is 1. The SMILES string of the molecule is CN(CC(=O)N1CCCC(N(C)CC(=O)O)CC1)c1ccccc1. The van der Waals surface area contributed by atoms with Gasteiger partial charge in [-0.3, -0.25) is 14.5 Å². The van der Waals surface area contributed by atoms with E-state index in [0.717, 1.165) is 31.5 Å². The van der Waals surface area contributed by atoms with E-state index in [1.807, 2.05) is 59.1 Å². The van der Waals surface area contributed by atoms with E-state index in [1.54, 1.807) is 0 Å². The highest BCUT2D eigenvalue weighted by molar-refractivity contribution is 5.81. The number of carboxylic acid groups (broad SMARTS) is 1. The second kappa shape index (κ2) is 8.68. The number of carbonyl (C=O) groups is 2. The number of nitrogens with zero attached hydrogens (tertiary/aromatic N) is 3. The minimum Gasteiger partial charge on any atom is -0.480 e. The standard InChI is InChI=1S/C18H27N3O3/c1-19(15-7-4-3-5-8-15)13-17(22)21-11-6-9-16(10-12-21)20(2)14-18(23)24/h3-5,7-8,16H,6,9-14H2,1-2H3,(H,23,24). The first-order valence-electron chi connectivity index (χ1n) is 8.43. The molecule has 1 aliphatic heterocycles. The summed E-state index contributed by atoms with van der Waals surface area (Å²) in [6.45, 7) is 1.85. The van der Waals surface area contributed by atoms with E-state index < -0.39 is 5.97 Å². The number of hydrogen-bond acceptors (Lipinski definition) is 4. The maximum absolute atomic E-state index is 12.6. The Morgan fingerprint density at radius 1 is 1.12 bits per heavy atom.